The van der Waals surface area contributed by atoms with Crippen molar-refractivity contribution in [1.29, 1.82) is 0 Å². The van der Waals surface area contributed by atoms with Gasteiger partial charge in [-0.1, -0.05) is 6.92 Å². The van der Waals surface area contributed by atoms with Gasteiger partial charge in [0.05, 0.1) is 10.6 Å². The molecule has 1 aromatic rings. The Labute approximate surface area is 114 Å². The van der Waals surface area contributed by atoms with E-state index in [2.05, 4.69) is 21.2 Å². The lowest BCUT2D eigenvalue weighted by Gasteiger charge is -2.11. The molecule has 1 amide bonds. The SMILES string of the molecule is CC[C@H](C)OCC(=O)Nc1cn(C)cc(Br)c1=O. The number of carbonyl (C=O) groups is 1. The van der Waals surface area contributed by atoms with Crippen LogP contribution in [0.15, 0.2) is 21.7 Å². The number of halogens is 1. The average Bonchev–Trinajstić information content (AvgIpc) is 2.32. The van der Waals surface area contributed by atoms with E-state index in [0.29, 0.717) is 4.47 Å². The maximum absolute atomic E-state index is 11.7. The first-order chi connectivity index (χ1) is 8.43. The molecule has 6 heteroatoms. The van der Waals surface area contributed by atoms with E-state index in [1.54, 1.807) is 24.0 Å². The minimum absolute atomic E-state index is 0.0288. The van der Waals surface area contributed by atoms with Gasteiger partial charge in [0.1, 0.15) is 12.3 Å². The number of aromatic nitrogens is 1. The lowest BCUT2D eigenvalue weighted by atomic mass is 10.3. The quantitative estimate of drug-likeness (QED) is 0.902. The third-order valence-corrected chi connectivity index (χ3v) is 3.02. The van der Waals surface area contributed by atoms with Crippen LogP contribution < -0.4 is 10.7 Å². The topological polar surface area (TPSA) is 60.3 Å². The highest BCUT2D eigenvalue weighted by molar-refractivity contribution is 9.10. The molecule has 0 saturated heterocycles. The van der Waals surface area contributed by atoms with Crippen molar-refractivity contribution in [3.63, 3.8) is 0 Å². The van der Waals surface area contributed by atoms with E-state index in [9.17, 15) is 9.59 Å². The first-order valence-electron chi connectivity index (χ1n) is 5.71. The number of amides is 1. The highest BCUT2D eigenvalue weighted by Gasteiger charge is 2.10. The van der Waals surface area contributed by atoms with Crippen molar-refractivity contribution in [1.82, 2.24) is 4.57 Å². The first-order valence-corrected chi connectivity index (χ1v) is 6.50. The zero-order valence-electron chi connectivity index (χ0n) is 10.7. The van der Waals surface area contributed by atoms with Crippen LogP contribution in [-0.4, -0.2) is 23.2 Å². The van der Waals surface area contributed by atoms with Crippen molar-refractivity contribution in [3.8, 4) is 0 Å². The molecule has 1 heterocycles. The minimum atomic E-state index is -0.328. The maximum Gasteiger partial charge on any atom is 0.250 e. The van der Waals surface area contributed by atoms with E-state index >= 15 is 0 Å². The Bertz CT molecular complexity index is 485. The molecule has 0 aliphatic rings. The van der Waals surface area contributed by atoms with Gasteiger partial charge in [0.25, 0.3) is 5.91 Å². The number of aryl methyl sites for hydroxylation is 1. The second-order valence-electron chi connectivity index (χ2n) is 4.09. The Kier molecular flexibility index (Phi) is 5.55. The Morgan fingerprint density at radius 1 is 1.56 bits per heavy atom. The number of nitrogens with zero attached hydrogens (tertiary/aromatic N) is 1. The molecular formula is C12H17BrN2O3. The van der Waals surface area contributed by atoms with Gasteiger partial charge < -0.3 is 14.6 Å². The Morgan fingerprint density at radius 3 is 2.83 bits per heavy atom. The van der Waals surface area contributed by atoms with Crippen LogP contribution in [-0.2, 0) is 16.6 Å². The highest BCUT2D eigenvalue weighted by atomic mass is 79.9. The van der Waals surface area contributed by atoms with Gasteiger partial charge in [-0.3, -0.25) is 9.59 Å². The van der Waals surface area contributed by atoms with Gasteiger partial charge >= 0.3 is 0 Å². The lowest BCUT2D eigenvalue weighted by Crippen LogP contribution is -2.25. The Morgan fingerprint density at radius 2 is 2.22 bits per heavy atom. The standard InChI is InChI=1S/C12H17BrN2O3/c1-4-8(2)18-7-11(16)14-10-6-15(3)5-9(13)12(10)17/h5-6,8H,4,7H2,1-3H3,(H,14,16)/t8-/m0/s1. The summed E-state index contributed by atoms with van der Waals surface area (Å²) in [6.07, 6.45) is 4.06. The van der Waals surface area contributed by atoms with Gasteiger partial charge in [-0.05, 0) is 29.3 Å². The molecule has 5 nitrogen and oxygen atoms in total. The Balaban J connectivity index is 2.68. The molecule has 0 saturated carbocycles. The molecule has 0 bridgehead atoms. The molecule has 1 atom stereocenters. The molecule has 1 N–H and O–H groups in total. The van der Waals surface area contributed by atoms with E-state index in [0.717, 1.165) is 6.42 Å². The van der Waals surface area contributed by atoms with Crippen LogP contribution in [0.2, 0.25) is 0 Å². The number of ether oxygens (including phenoxy) is 1. The third kappa shape index (κ3) is 4.27. The summed E-state index contributed by atoms with van der Waals surface area (Å²) in [5.74, 6) is -0.328. The number of nitrogens with one attached hydrogen (secondary N) is 1. The second-order valence-corrected chi connectivity index (χ2v) is 4.95. The summed E-state index contributed by atoms with van der Waals surface area (Å²) in [6.45, 7) is 3.82. The fraction of sp³-hybridized carbons (Fsp3) is 0.500. The summed E-state index contributed by atoms with van der Waals surface area (Å²) >= 11 is 3.14. The third-order valence-electron chi connectivity index (χ3n) is 2.46. The normalized spacial score (nSPS) is 12.2. The minimum Gasteiger partial charge on any atom is -0.369 e. The molecule has 0 aromatic carbocycles. The van der Waals surface area contributed by atoms with E-state index in [1.807, 2.05) is 13.8 Å². The van der Waals surface area contributed by atoms with Crippen LogP contribution in [0.3, 0.4) is 0 Å². The summed E-state index contributed by atoms with van der Waals surface area (Å²) in [5, 5.41) is 2.54. The van der Waals surface area contributed by atoms with Gasteiger partial charge in [0.15, 0.2) is 0 Å². The van der Waals surface area contributed by atoms with Crippen LogP contribution in [0.5, 0.6) is 0 Å². The van der Waals surface area contributed by atoms with Crippen molar-refractivity contribution in [2.75, 3.05) is 11.9 Å². The maximum atomic E-state index is 11.7. The van der Waals surface area contributed by atoms with E-state index in [-0.39, 0.29) is 29.7 Å². The number of pyridine rings is 1. The van der Waals surface area contributed by atoms with Gasteiger partial charge in [0.2, 0.25) is 5.43 Å². The Hall–Kier alpha value is -1.14. The van der Waals surface area contributed by atoms with Crippen molar-refractivity contribution >= 4 is 27.5 Å². The van der Waals surface area contributed by atoms with Crippen molar-refractivity contribution in [2.45, 2.75) is 26.4 Å². The molecule has 0 unspecified atom stereocenters. The molecule has 100 valence electrons. The van der Waals surface area contributed by atoms with Gasteiger partial charge in [-0.15, -0.1) is 0 Å². The molecule has 1 rings (SSSR count). The van der Waals surface area contributed by atoms with Crippen molar-refractivity contribution in [2.24, 2.45) is 7.05 Å². The van der Waals surface area contributed by atoms with Crippen LogP contribution in [0, 0.1) is 0 Å². The van der Waals surface area contributed by atoms with E-state index in [4.69, 9.17) is 4.74 Å². The van der Waals surface area contributed by atoms with Crippen LogP contribution in [0.1, 0.15) is 20.3 Å². The van der Waals surface area contributed by atoms with Gasteiger partial charge in [-0.25, -0.2) is 0 Å². The number of hydrogen-bond acceptors (Lipinski definition) is 3. The predicted octanol–water partition coefficient (Wildman–Crippen LogP) is 1.90. The van der Waals surface area contributed by atoms with Crippen LogP contribution in [0.4, 0.5) is 5.69 Å². The zero-order chi connectivity index (χ0) is 13.7. The molecule has 1 aromatic heterocycles. The molecule has 0 radical (unpaired) electrons. The summed E-state index contributed by atoms with van der Waals surface area (Å²) in [5.41, 5.74) is -0.00498. The van der Waals surface area contributed by atoms with Crippen molar-refractivity contribution < 1.29 is 9.53 Å². The lowest BCUT2D eigenvalue weighted by molar-refractivity contribution is -0.122. The van der Waals surface area contributed by atoms with Crippen LogP contribution >= 0.6 is 15.9 Å². The molecule has 18 heavy (non-hydrogen) atoms. The van der Waals surface area contributed by atoms with Crippen molar-refractivity contribution in [3.05, 3.63) is 27.1 Å². The number of hydrogen-bond donors (Lipinski definition) is 1. The predicted molar refractivity (Wildman–Crippen MR) is 73.7 cm³/mol. The summed E-state index contributed by atoms with van der Waals surface area (Å²) in [4.78, 5) is 23.3. The second kappa shape index (κ2) is 6.70. The fourth-order valence-corrected chi connectivity index (χ4v) is 1.81. The summed E-state index contributed by atoms with van der Waals surface area (Å²) in [6, 6.07) is 0. The van der Waals surface area contributed by atoms with Gasteiger partial charge in [0, 0.05) is 19.4 Å². The number of carbonyl (C=O) groups excluding carboxylic acids is 1. The van der Waals surface area contributed by atoms with Gasteiger partial charge in [-0.2, -0.15) is 0 Å². The van der Waals surface area contributed by atoms with Crippen LogP contribution in [0.25, 0.3) is 0 Å². The zero-order valence-corrected chi connectivity index (χ0v) is 12.3. The first kappa shape index (κ1) is 14.9. The largest absolute Gasteiger partial charge is 0.369 e. The van der Waals surface area contributed by atoms with E-state index in [1.165, 1.54) is 0 Å². The highest BCUT2D eigenvalue weighted by Crippen LogP contribution is 2.07. The smallest absolute Gasteiger partial charge is 0.250 e. The monoisotopic (exact) mass is 316 g/mol. The fourth-order valence-electron chi connectivity index (χ4n) is 1.28. The molecule has 0 fully saturated rings. The summed E-state index contributed by atoms with van der Waals surface area (Å²) in [7, 11) is 1.77. The average molecular weight is 317 g/mol. The molecule has 0 aliphatic carbocycles. The molecule has 0 spiro atoms. The number of rotatable bonds is 5. The molecule has 0 aliphatic heterocycles. The molecular weight excluding hydrogens is 300 g/mol. The summed E-state index contributed by atoms with van der Waals surface area (Å²) < 4.78 is 7.39. The van der Waals surface area contributed by atoms with E-state index < -0.39 is 0 Å². The number of anilines is 1.